The van der Waals surface area contributed by atoms with Crippen molar-refractivity contribution in [3.05, 3.63) is 37.5 Å². The van der Waals surface area contributed by atoms with E-state index in [0.29, 0.717) is 40.8 Å². The van der Waals surface area contributed by atoms with Crippen molar-refractivity contribution in [2.24, 2.45) is 5.92 Å². The van der Waals surface area contributed by atoms with Crippen molar-refractivity contribution in [3.63, 3.8) is 0 Å². The molecule has 2 aromatic heterocycles. The average molecular weight is 401 g/mol. The van der Waals surface area contributed by atoms with Crippen molar-refractivity contribution in [3.8, 4) is 6.07 Å². The zero-order chi connectivity index (χ0) is 20.4. The number of fused-ring (bicyclic) bond motifs is 1. The summed E-state index contributed by atoms with van der Waals surface area (Å²) < 4.78 is 1.58. The number of rotatable bonds is 6. The Bertz CT molecular complexity index is 969. The third-order valence-electron chi connectivity index (χ3n) is 5.18. The molecule has 0 radical (unpaired) electrons. The first-order chi connectivity index (χ1) is 13.3. The van der Waals surface area contributed by atoms with Gasteiger partial charge in [0.25, 0.3) is 0 Å². The van der Waals surface area contributed by atoms with Gasteiger partial charge in [-0.1, -0.05) is 6.92 Å². The van der Waals surface area contributed by atoms with Crippen LogP contribution in [0.2, 0.25) is 0 Å². The molecule has 0 spiro atoms. The van der Waals surface area contributed by atoms with Crippen molar-refractivity contribution in [2.75, 3.05) is 5.32 Å². The number of hydrogen-bond donors (Lipinski definition) is 1. The average Bonchev–Trinajstić information content (AvgIpc) is 3.10. The van der Waals surface area contributed by atoms with E-state index in [-0.39, 0.29) is 18.0 Å². The lowest BCUT2D eigenvalue weighted by Crippen LogP contribution is -2.13. The van der Waals surface area contributed by atoms with Gasteiger partial charge in [0.1, 0.15) is 22.5 Å². The number of anilines is 1. The maximum atomic E-state index is 12.4. The van der Waals surface area contributed by atoms with E-state index < -0.39 is 4.92 Å². The van der Waals surface area contributed by atoms with Gasteiger partial charge >= 0.3 is 5.69 Å². The number of aromatic nitrogens is 2. The third kappa shape index (κ3) is 3.92. The Morgan fingerprint density at radius 2 is 2.25 bits per heavy atom. The molecule has 0 bridgehead atoms. The van der Waals surface area contributed by atoms with E-state index in [1.165, 1.54) is 16.2 Å². The second-order valence-corrected chi connectivity index (χ2v) is 8.42. The molecule has 2 heterocycles. The molecule has 0 fully saturated rings. The first kappa shape index (κ1) is 20.0. The molecule has 2 aromatic rings. The third-order valence-corrected chi connectivity index (χ3v) is 6.35. The van der Waals surface area contributed by atoms with E-state index in [4.69, 9.17) is 0 Å². The summed E-state index contributed by atoms with van der Waals surface area (Å²) in [6, 6.07) is 2.25. The number of nitrogens with zero attached hydrogens (tertiary/aromatic N) is 4. The summed E-state index contributed by atoms with van der Waals surface area (Å²) >= 11 is 1.51. The molecule has 1 aliphatic carbocycles. The molecular weight excluding hydrogens is 378 g/mol. The highest BCUT2D eigenvalue weighted by Crippen LogP contribution is 2.39. The van der Waals surface area contributed by atoms with Crippen LogP contribution >= 0.6 is 11.3 Å². The molecule has 3 rings (SSSR count). The predicted molar refractivity (Wildman–Crippen MR) is 106 cm³/mol. The van der Waals surface area contributed by atoms with Gasteiger partial charge in [-0.05, 0) is 51.0 Å². The number of nitrogens with one attached hydrogen (secondary N) is 1. The predicted octanol–water partition coefficient (Wildman–Crippen LogP) is 3.89. The minimum atomic E-state index is -0.427. The van der Waals surface area contributed by atoms with Crippen LogP contribution < -0.4 is 5.32 Å². The van der Waals surface area contributed by atoms with E-state index in [1.54, 1.807) is 18.5 Å². The first-order valence-electron chi connectivity index (χ1n) is 9.34. The zero-order valence-electron chi connectivity index (χ0n) is 16.2. The molecular formula is C19H23N5O3S. The summed E-state index contributed by atoms with van der Waals surface area (Å²) in [6.45, 7) is 5.90. The van der Waals surface area contributed by atoms with Crippen LogP contribution in [0.1, 0.15) is 53.6 Å². The van der Waals surface area contributed by atoms with Crippen molar-refractivity contribution in [1.82, 2.24) is 9.78 Å². The molecule has 0 aliphatic heterocycles. The normalized spacial score (nSPS) is 15.7. The van der Waals surface area contributed by atoms with Crippen LogP contribution in [0.15, 0.2) is 0 Å². The minimum Gasteiger partial charge on any atom is -0.317 e. The van der Waals surface area contributed by atoms with Crippen LogP contribution in [0.3, 0.4) is 0 Å². The largest absolute Gasteiger partial charge is 0.317 e. The van der Waals surface area contributed by atoms with Crippen LogP contribution in [0.4, 0.5) is 10.7 Å². The smallest absolute Gasteiger partial charge is 0.312 e. The van der Waals surface area contributed by atoms with Crippen molar-refractivity contribution in [1.29, 1.82) is 5.26 Å². The summed E-state index contributed by atoms with van der Waals surface area (Å²) in [7, 11) is 0. The van der Waals surface area contributed by atoms with Gasteiger partial charge in [0.05, 0.1) is 10.5 Å². The molecule has 28 heavy (non-hydrogen) atoms. The molecule has 148 valence electrons. The second-order valence-electron chi connectivity index (χ2n) is 7.32. The van der Waals surface area contributed by atoms with Gasteiger partial charge in [-0.3, -0.25) is 19.6 Å². The maximum absolute atomic E-state index is 12.4. The number of carbonyl (C=O) groups excluding carboxylic acids is 1. The number of nitriles is 1. The topological polar surface area (TPSA) is 114 Å². The fraction of sp³-hybridized carbons (Fsp3) is 0.526. The summed E-state index contributed by atoms with van der Waals surface area (Å²) in [5, 5.41) is 28.3. The Labute approximate surface area is 167 Å². The van der Waals surface area contributed by atoms with Crippen LogP contribution in [0.5, 0.6) is 0 Å². The molecule has 9 heteroatoms. The van der Waals surface area contributed by atoms with Gasteiger partial charge in [-0.15, -0.1) is 11.3 Å². The Morgan fingerprint density at radius 1 is 1.50 bits per heavy atom. The molecule has 0 saturated carbocycles. The highest BCUT2D eigenvalue weighted by molar-refractivity contribution is 7.16. The number of thiophene rings is 1. The highest BCUT2D eigenvalue weighted by atomic mass is 32.1. The molecule has 8 nitrogen and oxygen atoms in total. The highest BCUT2D eigenvalue weighted by Gasteiger charge is 2.25. The zero-order valence-corrected chi connectivity index (χ0v) is 17.1. The summed E-state index contributed by atoms with van der Waals surface area (Å²) in [5.74, 6) is 0.449. The standard InChI is InChI=1S/C19H23N5O3S/c1-11-6-7-14-15(10-20)19(28-16(14)9-11)21-17(25)5-4-8-23-13(3)18(24(26)27)12(2)22-23/h11H,4-9H2,1-3H3,(H,21,25)/t11-/m1/s1. The second kappa shape index (κ2) is 8.10. The summed E-state index contributed by atoms with van der Waals surface area (Å²) in [5.41, 5.74) is 2.60. The fourth-order valence-corrected chi connectivity index (χ4v) is 5.08. The molecule has 1 aliphatic rings. The van der Waals surface area contributed by atoms with E-state index in [0.717, 1.165) is 24.8 Å². The Hall–Kier alpha value is -2.73. The van der Waals surface area contributed by atoms with E-state index in [9.17, 15) is 20.2 Å². The quantitative estimate of drug-likeness (QED) is 0.583. The number of amides is 1. The lowest BCUT2D eigenvalue weighted by Gasteiger charge is -2.17. The monoisotopic (exact) mass is 401 g/mol. The Morgan fingerprint density at radius 3 is 2.89 bits per heavy atom. The molecule has 1 atom stereocenters. The fourth-order valence-electron chi connectivity index (χ4n) is 3.71. The van der Waals surface area contributed by atoms with Gasteiger partial charge in [0, 0.05) is 17.8 Å². The first-order valence-corrected chi connectivity index (χ1v) is 10.2. The van der Waals surface area contributed by atoms with E-state index in [2.05, 4.69) is 23.4 Å². The molecule has 1 amide bonds. The Balaban J connectivity index is 1.61. The SMILES string of the molecule is Cc1nn(CCCC(=O)Nc2sc3c(c2C#N)CC[C@@H](C)C3)c(C)c1[N+](=O)[O-]. The van der Waals surface area contributed by atoms with Gasteiger partial charge < -0.3 is 5.32 Å². The number of aryl methyl sites for hydroxylation is 2. The number of carbonyl (C=O) groups is 1. The summed E-state index contributed by atoms with van der Waals surface area (Å²) in [4.78, 5) is 24.2. The summed E-state index contributed by atoms with van der Waals surface area (Å²) in [6.07, 6.45) is 3.69. The van der Waals surface area contributed by atoms with Crippen LogP contribution in [0.25, 0.3) is 0 Å². The van der Waals surface area contributed by atoms with Crippen LogP contribution in [-0.2, 0) is 24.2 Å². The van der Waals surface area contributed by atoms with Gasteiger partial charge in [0.15, 0.2) is 0 Å². The van der Waals surface area contributed by atoms with Crippen molar-refractivity contribution < 1.29 is 9.72 Å². The van der Waals surface area contributed by atoms with Crippen LogP contribution in [0, 0.1) is 41.2 Å². The molecule has 0 unspecified atom stereocenters. The van der Waals surface area contributed by atoms with E-state index >= 15 is 0 Å². The van der Waals surface area contributed by atoms with E-state index in [1.807, 2.05) is 0 Å². The van der Waals surface area contributed by atoms with Crippen molar-refractivity contribution >= 4 is 27.9 Å². The van der Waals surface area contributed by atoms with Crippen LogP contribution in [-0.4, -0.2) is 20.6 Å². The lowest BCUT2D eigenvalue weighted by atomic mass is 9.88. The lowest BCUT2D eigenvalue weighted by molar-refractivity contribution is -0.386. The number of hydrogen-bond acceptors (Lipinski definition) is 6. The van der Waals surface area contributed by atoms with Gasteiger partial charge in [0.2, 0.25) is 5.91 Å². The Kier molecular flexibility index (Phi) is 5.79. The molecule has 0 aromatic carbocycles. The van der Waals surface area contributed by atoms with Gasteiger partial charge in [-0.25, -0.2) is 0 Å². The minimum absolute atomic E-state index is 0.0292. The molecule has 0 saturated heterocycles. The molecule has 1 N–H and O–H groups in total. The van der Waals surface area contributed by atoms with Gasteiger partial charge in [-0.2, -0.15) is 10.4 Å². The number of nitro groups is 1. The van der Waals surface area contributed by atoms with Crippen molar-refractivity contribution in [2.45, 2.75) is 59.4 Å². The maximum Gasteiger partial charge on any atom is 0.312 e.